The summed E-state index contributed by atoms with van der Waals surface area (Å²) in [7, 11) is 0. The van der Waals surface area contributed by atoms with Crippen LogP contribution in [0.2, 0.25) is 0 Å². The molecule has 1 aliphatic heterocycles. The van der Waals surface area contributed by atoms with Crippen LogP contribution in [-0.4, -0.2) is 55.0 Å². The zero-order valence-corrected chi connectivity index (χ0v) is 12.3. The topological polar surface area (TPSA) is 49.6 Å². The number of nitrogens with zero attached hydrogens (tertiary/aromatic N) is 2. The van der Waals surface area contributed by atoms with Crippen molar-refractivity contribution in [3.05, 3.63) is 0 Å². The van der Waals surface area contributed by atoms with E-state index >= 15 is 0 Å². The maximum Gasteiger partial charge on any atom is 0.222 e. The number of hydrogen-bond acceptors (Lipinski definition) is 3. The second-order valence-electron chi connectivity index (χ2n) is 6.38. The van der Waals surface area contributed by atoms with Crippen LogP contribution in [0.5, 0.6) is 0 Å². The number of amides is 1. The van der Waals surface area contributed by atoms with Crippen LogP contribution < -0.4 is 5.73 Å². The summed E-state index contributed by atoms with van der Waals surface area (Å²) in [5, 5.41) is 0. The minimum Gasteiger partial charge on any atom is -0.341 e. The average Bonchev–Trinajstić information content (AvgIpc) is 2.59. The summed E-state index contributed by atoms with van der Waals surface area (Å²) in [6.45, 7) is 7.99. The first-order valence-electron chi connectivity index (χ1n) is 7.89. The van der Waals surface area contributed by atoms with E-state index in [1.807, 2.05) is 0 Å². The zero-order chi connectivity index (χ0) is 13.7. The van der Waals surface area contributed by atoms with Crippen molar-refractivity contribution in [2.24, 2.45) is 17.6 Å². The van der Waals surface area contributed by atoms with Crippen LogP contribution in [0.3, 0.4) is 0 Å². The van der Waals surface area contributed by atoms with Gasteiger partial charge in [0.15, 0.2) is 0 Å². The molecule has 0 bridgehead atoms. The highest BCUT2D eigenvalue weighted by atomic mass is 16.2. The predicted molar refractivity (Wildman–Crippen MR) is 77.8 cm³/mol. The van der Waals surface area contributed by atoms with Crippen LogP contribution in [0, 0.1) is 11.8 Å². The Morgan fingerprint density at radius 2 is 2.00 bits per heavy atom. The smallest absolute Gasteiger partial charge is 0.222 e. The van der Waals surface area contributed by atoms with E-state index in [1.54, 1.807) is 0 Å². The molecule has 1 unspecified atom stereocenters. The molecule has 1 aliphatic carbocycles. The lowest BCUT2D eigenvalue weighted by molar-refractivity contribution is -0.132. The molecule has 0 aromatic rings. The Balaban J connectivity index is 1.74. The summed E-state index contributed by atoms with van der Waals surface area (Å²) in [5.41, 5.74) is 5.69. The number of carbonyl (C=O) groups is 1. The van der Waals surface area contributed by atoms with Gasteiger partial charge in [-0.1, -0.05) is 13.3 Å². The Hall–Kier alpha value is -0.610. The third kappa shape index (κ3) is 4.46. The first-order chi connectivity index (χ1) is 9.19. The number of nitrogens with two attached hydrogens (primary N) is 1. The molecule has 0 aromatic heterocycles. The van der Waals surface area contributed by atoms with E-state index < -0.39 is 0 Å². The van der Waals surface area contributed by atoms with E-state index in [4.69, 9.17) is 5.73 Å². The lowest BCUT2D eigenvalue weighted by Crippen LogP contribution is -2.38. The Morgan fingerprint density at radius 3 is 2.63 bits per heavy atom. The molecule has 0 spiro atoms. The van der Waals surface area contributed by atoms with Crippen molar-refractivity contribution in [1.82, 2.24) is 9.80 Å². The Kier molecular flexibility index (Phi) is 5.64. The first-order valence-corrected chi connectivity index (χ1v) is 7.89. The highest BCUT2D eigenvalue weighted by Crippen LogP contribution is 2.30. The molecular weight excluding hydrogens is 238 g/mol. The van der Waals surface area contributed by atoms with Gasteiger partial charge in [-0.05, 0) is 44.2 Å². The van der Waals surface area contributed by atoms with Crippen molar-refractivity contribution in [1.29, 1.82) is 0 Å². The van der Waals surface area contributed by atoms with Crippen molar-refractivity contribution < 1.29 is 4.79 Å². The lowest BCUT2D eigenvalue weighted by atomic mass is 9.82. The van der Waals surface area contributed by atoms with Crippen LogP contribution in [0.15, 0.2) is 0 Å². The predicted octanol–water partition coefficient (Wildman–Crippen LogP) is 1.31. The number of rotatable bonds is 5. The van der Waals surface area contributed by atoms with E-state index in [0.717, 1.165) is 52.1 Å². The number of hydrogen-bond donors (Lipinski definition) is 1. The Labute approximate surface area is 117 Å². The highest BCUT2D eigenvalue weighted by molar-refractivity contribution is 5.76. The van der Waals surface area contributed by atoms with Gasteiger partial charge < -0.3 is 15.5 Å². The molecule has 1 saturated heterocycles. The van der Waals surface area contributed by atoms with E-state index in [9.17, 15) is 4.79 Å². The maximum absolute atomic E-state index is 12.2. The largest absolute Gasteiger partial charge is 0.341 e. The Bertz CT molecular complexity index is 291. The van der Waals surface area contributed by atoms with Crippen molar-refractivity contribution in [2.75, 3.05) is 39.3 Å². The van der Waals surface area contributed by atoms with Gasteiger partial charge in [-0.15, -0.1) is 0 Å². The van der Waals surface area contributed by atoms with Gasteiger partial charge in [0.25, 0.3) is 0 Å². The quantitative estimate of drug-likeness (QED) is 0.817. The zero-order valence-electron chi connectivity index (χ0n) is 12.3. The third-order valence-corrected chi connectivity index (χ3v) is 4.60. The molecule has 1 heterocycles. The van der Waals surface area contributed by atoms with Gasteiger partial charge in [-0.3, -0.25) is 4.79 Å². The standard InChI is InChI=1S/C15H29N3O/c1-13(11-16)12-17-6-3-7-18(9-8-17)15(19)10-14-4-2-5-14/h13-14H,2-12,16H2,1H3. The van der Waals surface area contributed by atoms with Gasteiger partial charge in [-0.2, -0.15) is 0 Å². The fourth-order valence-electron chi connectivity index (χ4n) is 2.99. The summed E-state index contributed by atoms with van der Waals surface area (Å²) in [6.07, 6.45) is 5.75. The molecule has 2 N–H and O–H groups in total. The van der Waals surface area contributed by atoms with E-state index in [-0.39, 0.29) is 0 Å². The molecule has 19 heavy (non-hydrogen) atoms. The molecule has 1 saturated carbocycles. The second-order valence-corrected chi connectivity index (χ2v) is 6.38. The molecule has 2 rings (SSSR count). The second kappa shape index (κ2) is 7.25. The van der Waals surface area contributed by atoms with Crippen LogP contribution in [-0.2, 0) is 4.79 Å². The van der Waals surface area contributed by atoms with Crippen LogP contribution >= 0.6 is 0 Å². The maximum atomic E-state index is 12.2. The monoisotopic (exact) mass is 267 g/mol. The lowest BCUT2D eigenvalue weighted by Gasteiger charge is -2.28. The molecule has 4 nitrogen and oxygen atoms in total. The summed E-state index contributed by atoms with van der Waals surface area (Å²) in [5.74, 6) is 1.62. The summed E-state index contributed by atoms with van der Waals surface area (Å²) in [6, 6.07) is 0. The normalized spacial score (nSPS) is 23.8. The van der Waals surface area contributed by atoms with Crippen LogP contribution in [0.25, 0.3) is 0 Å². The van der Waals surface area contributed by atoms with Crippen LogP contribution in [0.4, 0.5) is 0 Å². The molecule has 0 aromatic carbocycles. The molecule has 1 atom stereocenters. The molecule has 110 valence electrons. The molecule has 4 heteroatoms. The molecule has 1 amide bonds. The van der Waals surface area contributed by atoms with E-state index in [1.165, 1.54) is 19.3 Å². The van der Waals surface area contributed by atoms with E-state index in [2.05, 4.69) is 16.7 Å². The number of carbonyl (C=O) groups excluding carboxylic acids is 1. The fourth-order valence-corrected chi connectivity index (χ4v) is 2.99. The Morgan fingerprint density at radius 1 is 1.21 bits per heavy atom. The molecule has 2 aliphatic rings. The summed E-state index contributed by atoms with van der Waals surface area (Å²) in [4.78, 5) is 16.8. The third-order valence-electron chi connectivity index (χ3n) is 4.60. The molecule has 2 fully saturated rings. The molecular formula is C15H29N3O. The molecule has 0 radical (unpaired) electrons. The minimum atomic E-state index is 0.387. The van der Waals surface area contributed by atoms with Crippen molar-refractivity contribution in [3.63, 3.8) is 0 Å². The fraction of sp³-hybridized carbons (Fsp3) is 0.933. The van der Waals surface area contributed by atoms with Crippen LogP contribution in [0.1, 0.15) is 39.0 Å². The van der Waals surface area contributed by atoms with Gasteiger partial charge >= 0.3 is 0 Å². The van der Waals surface area contributed by atoms with Crippen molar-refractivity contribution >= 4 is 5.91 Å². The summed E-state index contributed by atoms with van der Waals surface area (Å²) >= 11 is 0. The average molecular weight is 267 g/mol. The van der Waals surface area contributed by atoms with Gasteiger partial charge in [-0.25, -0.2) is 0 Å². The van der Waals surface area contributed by atoms with Gasteiger partial charge in [0.1, 0.15) is 0 Å². The van der Waals surface area contributed by atoms with Gasteiger partial charge in [0.05, 0.1) is 0 Å². The minimum absolute atomic E-state index is 0.387. The first kappa shape index (κ1) is 14.8. The van der Waals surface area contributed by atoms with E-state index in [0.29, 0.717) is 17.7 Å². The van der Waals surface area contributed by atoms with Crippen molar-refractivity contribution in [2.45, 2.75) is 39.0 Å². The SMILES string of the molecule is CC(CN)CN1CCCN(C(=O)CC2CCC2)CC1. The highest BCUT2D eigenvalue weighted by Gasteiger charge is 2.25. The summed E-state index contributed by atoms with van der Waals surface area (Å²) < 4.78 is 0. The van der Waals surface area contributed by atoms with Crippen molar-refractivity contribution in [3.8, 4) is 0 Å². The van der Waals surface area contributed by atoms with Gasteiger partial charge in [0.2, 0.25) is 5.91 Å². The van der Waals surface area contributed by atoms with Gasteiger partial charge in [0, 0.05) is 32.6 Å².